The van der Waals surface area contributed by atoms with E-state index in [9.17, 15) is 4.79 Å². The first-order valence-corrected chi connectivity index (χ1v) is 4.45. The molecule has 58 valence electrons. The normalized spacial score (nSPS) is 32.5. The summed E-state index contributed by atoms with van der Waals surface area (Å²) in [6, 6.07) is 0.294. The van der Waals surface area contributed by atoms with Crippen LogP contribution in [0.5, 0.6) is 0 Å². The van der Waals surface area contributed by atoms with Gasteiger partial charge in [-0.05, 0) is 7.05 Å². The summed E-state index contributed by atoms with van der Waals surface area (Å²) in [5.41, 5.74) is 5.17. The van der Waals surface area contributed by atoms with Crippen molar-refractivity contribution in [1.82, 2.24) is 5.32 Å². The van der Waals surface area contributed by atoms with Crippen LogP contribution in [-0.2, 0) is 4.79 Å². The van der Waals surface area contributed by atoms with Gasteiger partial charge in [0.05, 0.1) is 5.92 Å². The number of nitrogens with one attached hydrogen (secondary N) is 1. The zero-order valence-electron chi connectivity index (χ0n) is 5.96. The second-order valence-corrected chi connectivity index (χ2v) is 3.52. The first-order chi connectivity index (χ1) is 4.75. The predicted molar refractivity (Wildman–Crippen MR) is 42.9 cm³/mol. The van der Waals surface area contributed by atoms with Crippen molar-refractivity contribution in [2.45, 2.75) is 6.04 Å². The van der Waals surface area contributed by atoms with E-state index in [4.69, 9.17) is 5.73 Å². The van der Waals surface area contributed by atoms with E-state index in [-0.39, 0.29) is 11.8 Å². The van der Waals surface area contributed by atoms with Gasteiger partial charge in [-0.3, -0.25) is 4.79 Å². The second kappa shape index (κ2) is 3.25. The highest BCUT2D eigenvalue weighted by atomic mass is 32.2. The Kier molecular flexibility index (Phi) is 2.56. The molecule has 1 fully saturated rings. The second-order valence-electron chi connectivity index (χ2n) is 2.44. The van der Waals surface area contributed by atoms with E-state index in [1.165, 1.54) is 0 Å². The summed E-state index contributed by atoms with van der Waals surface area (Å²) in [5, 5.41) is 3.07. The minimum atomic E-state index is -0.177. The minimum absolute atomic E-state index is 0.0370. The molecule has 0 aliphatic carbocycles. The van der Waals surface area contributed by atoms with E-state index in [1.807, 2.05) is 7.05 Å². The summed E-state index contributed by atoms with van der Waals surface area (Å²) in [7, 11) is 1.87. The number of rotatable bonds is 2. The maximum atomic E-state index is 10.7. The Labute approximate surface area is 64.7 Å². The maximum Gasteiger partial charge on any atom is 0.222 e. The van der Waals surface area contributed by atoms with Gasteiger partial charge in [-0.25, -0.2) is 0 Å². The van der Waals surface area contributed by atoms with Gasteiger partial charge in [0.1, 0.15) is 0 Å². The summed E-state index contributed by atoms with van der Waals surface area (Å²) < 4.78 is 0. The number of thioether (sulfide) groups is 1. The maximum absolute atomic E-state index is 10.7. The first-order valence-electron chi connectivity index (χ1n) is 3.30. The Morgan fingerprint density at radius 3 is 2.80 bits per heavy atom. The average molecular weight is 160 g/mol. The van der Waals surface area contributed by atoms with Gasteiger partial charge in [0.15, 0.2) is 0 Å². The van der Waals surface area contributed by atoms with Crippen LogP contribution in [0.1, 0.15) is 0 Å². The molecule has 1 saturated heterocycles. The molecule has 0 spiro atoms. The Hall–Kier alpha value is -0.220. The molecule has 0 aromatic rings. The number of hydrogen-bond acceptors (Lipinski definition) is 3. The first kappa shape index (κ1) is 7.88. The molecule has 0 aromatic heterocycles. The van der Waals surface area contributed by atoms with Gasteiger partial charge < -0.3 is 11.1 Å². The molecule has 3 nitrogen and oxygen atoms in total. The fourth-order valence-corrected chi connectivity index (χ4v) is 2.56. The molecule has 10 heavy (non-hydrogen) atoms. The summed E-state index contributed by atoms with van der Waals surface area (Å²) >= 11 is 1.78. The molecule has 1 heterocycles. The fourth-order valence-electron chi connectivity index (χ4n) is 1.12. The molecule has 0 saturated carbocycles. The lowest BCUT2D eigenvalue weighted by molar-refractivity contribution is -0.121. The highest BCUT2D eigenvalue weighted by Crippen LogP contribution is 2.23. The molecule has 4 heteroatoms. The molecule has 2 atom stereocenters. The summed E-state index contributed by atoms with van der Waals surface area (Å²) in [4.78, 5) is 10.7. The monoisotopic (exact) mass is 160 g/mol. The Morgan fingerprint density at radius 1 is 1.70 bits per heavy atom. The largest absolute Gasteiger partial charge is 0.369 e. The average Bonchev–Trinajstić information content (AvgIpc) is 2.33. The molecule has 1 aliphatic heterocycles. The van der Waals surface area contributed by atoms with Gasteiger partial charge in [0.2, 0.25) is 5.91 Å². The van der Waals surface area contributed by atoms with E-state index in [0.717, 1.165) is 11.5 Å². The van der Waals surface area contributed by atoms with Crippen LogP contribution in [0.3, 0.4) is 0 Å². The Balaban J connectivity index is 2.50. The highest BCUT2D eigenvalue weighted by Gasteiger charge is 2.30. The van der Waals surface area contributed by atoms with Crippen molar-refractivity contribution in [3.05, 3.63) is 0 Å². The van der Waals surface area contributed by atoms with Crippen molar-refractivity contribution in [1.29, 1.82) is 0 Å². The molecule has 0 aromatic carbocycles. The molecule has 0 bridgehead atoms. The van der Waals surface area contributed by atoms with Crippen molar-refractivity contribution in [3.63, 3.8) is 0 Å². The Bertz CT molecular complexity index is 140. The van der Waals surface area contributed by atoms with Gasteiger partial charge in [-0.1, -0.05) is 0 Å². The van der Waals surface area contributed by atoms with Crippen molar-refractivity contribution in [2.75, 3.05) is 18.6 Å². The van der Waals surface area contributed by atoms with Crippen LogP contribution in [0.2, 0.25) is 0 Å². The van der Waals surface area contributed by atoms with Gasteiger partial charge in [0, 0.05) is 17.5 Å². The third-order valence-electron chi connectivity index (χ3n) is 1.82. The molecule has 1 aliphatic rings. The zero-order chi connectivity index (χ0) is 7.56. The fraction of sp³-hybridized carbons (Fsp3) is 0.833. The van der Waals surface area contributed by atoms with Gasteiger partial charge in [-0.15, -0.1) is 0 Å². The number of amides is 1. The van der Waals surface area contributed by atoms with Crippen LogP contribution in [0.25, 0.3) is 0 Å². The number of carbonyl (C=O) groups excluding carboxylic acids is 1. The molecule has 3 N–H and O–H groups in total. The van der Waals surface area contributed by atoms with E-state index < -0.39 is 0 Å². The molecule has 1 amide bonds. The number of carbonyl (C=O) groups is 1. The van der Waals surface area contributed by atoms with Crippen LogP contribution in [0.15, 0.2) is 0 Å². The lowest BCUT2D eigenvalue weighted by Crippen LogP contribution is -2.40. The highest BCUT2D eigenvalue weighted by molar-refractivity contribution is 7.99. The van der Waals surface area contributed by atoms with E-state index >= 15 is 0 Å². The van der Waals surface area contributed by atoms with Crippen molar-refractivity contribution >= 4 is 17.7 Å². The lowest BCUT2D eigenvalue weighted by atomic mass is 10.0. The molecule has 2 unspecified atom stereocenters. The molecule has 1 rings (SSSR count). The smallest absolute Gasteiger partial charge is 0.222 e. The standard InChI is InChI=1S/C6H12N2OS/c1-8-5-3-10-2-4(5)6(7)9/h4-5,8H,2-3H2,1H3,(H2,7,9). The lowest BCUT2D eigenvalue weighted by Gasteiger charge is -2.13. The number of hydrogen-bond donors (Lipinski definition) is 2. The third kappa shape index (κ3) is 1.44. The topological polar surface area (TPSA) is 55.1 Å². The predicted octanol–water partition coefficient (Wildman–Crippen LogP) is -0.577. The Morgan fingerprint density at radius 2 is 2.40 bits per heavy atom. The SMILES string of the molecule is CNC1CSCC1C(N)=O. The van der Waals surface area contributed by atoms with Crippen molar-refractivity contribution in [3.8, 4) is 0 Å². The summed E-state index contributed by atoms with van der Waals surface area (Å²) in [5.74, 6) is 1.74. The van der Waals surface area contributed by atoms with E-state index in [2.05, 4.69) is 5.32 Å². The van der Waals surface area contributed by atoms with Crippen LogP contribution < -0.4 is 11.1 Å². The molecular formula is C6H12N2OS. The van der Waals surface area contributed by atoms with Gasteiger partial charge in [-0.2, -0.15) is 11.8 Å². The third-order valence-corrected chi connectivity index (χ3v) is 3.01. The van der Waals surface area contributed by atoms with Crippen LogP contribution in [0, 0.1) is 5.92 Å². The van der Waals surface area contributed by atoms with Crippen molar-refractivity contribution in [2.24, 2.45) is 11.7 Å². The molecule has 0 radical (unpaired) electrons. The minimum Gasteiger partial charge on any atom is -0.369 e. The van der Waals surface area contributed by atoms with Gasteiger partial charge in [0.25, 0.3) is 0 Å². The van der Waals surface area contributed by atoms with Crippen LogP contribution in [0.4, 0.5) is 0 Å². The molecular weight excluding hydrogens is 148 g/mol. The van der Waals surface area contributed by atoms with Crippen molar-refractivity contribution < 1.29 is 4.79 Å². The van der Waals surface area contributed by atoms with Crippen LogP contribution in [-0.4, -0.2) is 30.5 Å². The van der Waals surface area contributed by atoms with Crippen LogP contribution >= 0.6 is 11.8 Å². The number of primary amides is 1. The summed E-state index contributed by atoms with van der Waals surface area (Å²) in [6.45, 7) is 0. The van der Waals surface area contributed by atoms with E-state index in [0.29, 0.717) is 6.04 Å². The summed E-state index contributed by atoms with van der Waals surface area (Å²) in [6.07, 6.45) is 0. The van der Waals surface area contributed by atoms with Gasteiger partial charge >= 0.3 is 0 Å². The van der Waals surface area contributed by atoms with E-state index in [1.54, 1.807) is 11.8 Å². The quantitative estimate of drug-likeness (QED) is 0.568. The zero-order valence-corrected chi connectivity index (χ0v) is 6.78. The number of nitrogens with two attached hydrogens (primary N) is 1.